The molecular weight excluding hydrogens is 418 g/mol. The smallest absolute Gasteiger partial charge is 0.227 e. The van der Waals surface area contributed by atoms with Crippen LogP contribution in [0.5, 0.6) is 5.75 Å². The lowest BCUT2D eigenvalue weighted by Gasteiger charge is -2.35. The minimum atomic E-state index is 0.0875. The van der Waals surface area contributed by atoms with E-state index in [0.29, 0.717) is 49.3 Å². The number of ether oxygens (including phenoxy) is 1. The predicted octanol–water partition coefficient (Wildman–Crippen LogP) is 3.47. The zero-order valence-corrected chi connectivity index (χ0v) is 18.1. The molecule has 0 N–H and O–H groups in total. The van der Waals surface area contributed by atoms with Crippen LogP contribution in [0.25, 0.3) is 11.4 Å². The van der Waals surface area contributed by atoms with Gasteiger partial charge in [-0.1, -0.05) is 16.8 Å². The number of carbonyl (C=O) groups is 1. The van der Waals surface area contributed by atoms with Crippen molar-refractivity contribution < 1.29 is 14.1 Å². The van der Waals surface area contributed by atoms with Crippen LogP contribution < -0.4 is 9.64 Å². The number of hydrogen-bond donors (Lipinski definition) is 0. The number of rotatable bonds is 7. The molecule has 0 unspecified atom stereocenters. The molecule has 3 heterocycles. The Labute approximate surface area is 185 Å². The normalized spacial score (nSPS) is 14.0. The van der Waals surface area contributed by atoms with Crippen LogP contribution in [0.4, 0.5) is 5.82 Å². The van der Waals surface area contributed by atoms with Crippen LogP contribution in [0.1, 0.15) is 19.2 Å². The minimum absolute atomic E-state index is 0.0875. The lowest BCUT2D eigenvalue weighted by molar-refractivity contribution is -0.131. The molecule has 162 valence electrons. The number of amides is 1. The number of pyridine rings is 1. The van der Waals surface area contributed by atoms with E-state index in [1.165, 1.54) is 0 Å². The van der Waals surface area contributed by atoms with Gasteiger partial charge >= 0.3 is 0 Å². The number of aryl methyl sites for hydroxylation is 1. The molecule has 1 saturated heterocycles. The Morgan fingerprint density at radius 2 is 1.90 bits per heavy atom. The summed E-state index contributed by atoms with van der Waals surface area (Å²) < 4.78 is 10.8. The van der Waals surface area contributed by atoms with Gasteiger partial charge in [0, 0.05) is 50.8 Å². The summed E-state index contributed by atoms with van der Waals surface area (Å²) in [7, 11) is 0. The molecule has 1 aromatic carbocycles. The Balaban J connectivity index is 1.26. The van der Waals surface area contributed by atoms with Crippen molar-refractivity contribution >= 4 is 23.3 Å². The van der Waals surface area contributed by atoms with Gasteiger partial charge in [0.2, 0.25) is 17.6 Å². The van der Waals surface area contributed by atoms with Crippen molar-refractivity contribution in [3.8, 4) is 17.1 Å². The molecule has 4 rings (SSSR count). The molecule has 1 fully saturated rings. The van der Waals surface area contributed by atoms with Crippen LogP contribution >= 0.6 is 11.6 Å². The number of carbonyl (C=O) groups excluding carboxylic acids is 1. The van der Waals surface area contributed by atoms with E-state index in [1.54, 1.807) is 6.20 Å². The molecule has 3 aromatic rings. The summed E-state index contributed by atoms with van der Waals surface area (Å²) in [5, 5.41) is 4.64. The molecule has 0 saturated carbocycles. The number of aromatic nitrogens is 3. The zero-order chi connectivity index (χ0) is 21.6. The second-order valence-electron chi connectivity index (χ2n) is 7.17. The molecule has 1 aliphatic rings. The highest BCUT2D eigenvalue weighted by Crippen LogP contribution is 2.21. The molecule has 0 spiro atoms. The lowest BCUT2D eigenvalue weighted by Crippen LogP contribution is -2.49. The Kier molecular flexibility index (Phi) is 6.66. The van der Waals surface area contributed by atoms with Gasteiger partial charge in [-0.05, 0) is 43.3 Å². The van der Waals surface area contributed by atoms with Gasteiger partial charge in [-0.15, -0.1) is 0 Å². The highest BCUT2D eigenvalue weighted by molar-refractivity contribution is 6.30. The number of halogens is 1. The molecule has 1 amide bonds. The van der Waals surface area contributed by atoms with Gasteiger partial charge in [-0.3, -0.25) is 4.79 Å². The van der Waals surface area contributed by atoms with Crippen molar-refractivity contribution in [2.45, 2.75) is 19.8 Å². The summed E-state index contributed by atoms with van der Waals surface area (Å²) in [5.41, 5.74) is 0.844. The SMILES string of the molecule is CCOc1ccc(-c2noc(CCC(=O)N3CCN(c4ccc(Cl)cn4)CC3)n2)cc1. The van der Waals surface area contributed by atoms with Crippen LogP contribution in [0.15, 0.2) is 47.1 Å². The predicted molar refractivity (Wildman–Crippen MR) is 117 cm³/mol. The number of nitrogens with zero attached hydrogens (tertiary/aromatic N) is 5. The lowest BCUT2D eigenvalue weighted by atomic mass is 10.2. The summed E-state index contributed by atoms with van der Waals surface area (Å²) in [6.07, 6.45) is 2.40. The van der Waals surface area contributed by atoms with E-state index in [4.69, 9.17) is 20.9 Å². The van der Waals surface area contributed by atoms with Crippen LogP contribution in [0.2, 0.25) is 5.02 Å². The Morgan fingerprint density at radius 1 is 1.13 bits per heavy atom. The molecular formula is C22H24ClN5O3. The van der Waals surface area contributed by atoms with Gasteiger partial charge in [0.15, 0.2) is 0 Å². The highest BCUT2D eigenvalue weighted by atomic mass is 35.5. The van der Waals surface area contributed by atoms with Gasteiger partial charge < -0.3 is 19.1 Å². The van der Waals surface area contributed by atoms with Crippen LogP contribution in [-0.2, 0) is 11.2 Å². The second-order valence-corrected chi connectivity index (χ2v) is 7.61. The molecule has 0 aliphatic carbocycles. The van der Waals surface area contributed by atoms with Crippen LogP contribution in [-0.4, -0.2) is 58.7 Å². The fourth-order valence-corrected chi connectivity index (χ4v) is 3.56. The Bertz CT molecular complexity index is 999. The number of hydrogen-bond acceptors (Lipinski definition) is 7. The maximum absolute atomic E-state index is 12.6. The largest absolute Gasteiger partial charge is 0.494 e. The zero-order valence-electron chi connectivity index (χ0n) is 17.3. The van der Waals surface area contributed by atoms with Crippen molar-refractivity contribution in [2.24, 2.45) is 0 Å². The fourth-order valence-electron chi connectivity index (χ4n) is 3.45. The van der Waals surface area contributed by atoms with E-state index < -0.39 is 0 Å². The van der Waals surface area contributed by atoms with Gasteiger partial charge in [0.05, 0.1) is 11.6 Å². The van der Waals surface area contributed by atoms with Crippen molar-refractivity contribution in [3.63, 3.8) is 0 Å². The third-order valence-corrected chi connectivity index (χ3v) is 5.34. The van der Waals surface area contributed by atoms with E-state index >= 15 is 0 Å². The molecule has 8 nitrogen and oxygen atoms in total. The van der Waals surface area contributed by atoms with E-state index in [0.717, 1.165) is 30.2 Å². The summed E-state index contributed by atoms with van der Waals surface area (Å²) >= 11 is 5.90. The van der Waals surface area contributed by atoms with Gasteiger partial charge in [0.25, 0.3) is 0 Å². The van der Waals surface area contributed by atoms with Crippen LogP contribution in [0, 0.1) is 0 Å². The summed E-state index contributed by atoms with van der Waals surface area (Å²) in [5.74, 6) is 2.73. The molecule has 0 radical (unpaired) electrons. The first-order valence-electron chi connectivity index (χ1n) is 10.3. The Morgan fingerprint density at radius 3 is 2.58 bits per heavy atom. The molecule has 0 atom stereocenters. The summed E-state index contributed by atoms with van der Waals surface area (Å²) in [6.45, 7) is 5.35. The van der Waals surface area contributed by atoms with Crippen molar-refractivity contribution in [1.29, 1.82) is 0 Å². The minimum Gasteiger partial charge on any atom is -0.494 e. The van der Waals surface area contributed by atoms with Gasteiger partial charge in [-0.25, -0.2) is 4.98 Å². The average molecular weight is 442 g/mol. The maximum atomic E-state index is 12.6. The first-order valence-corrected chi connectivity index (χ1v) is 10.7. The molecule has 31 heavy (non-hydrogen) atoms. The van der Waals surface area contributed by atoms with Crippen molar-refractivity contribution in [3.05, 3.63) is 53.5 Å². The number of benzene rings is 1. The topological polar surface area (TPSA) is 84.6 Å². The Hall–Kier alpha value is -3.13. The summed E-state index contributed by atoms with van der Waals surface area (Å²) in [4.78, 5) is 25.4. The second kappa shape index (κ2) is 9.78. The number of anilines is 1. The van der Waals surface area contributed by atoms with Crippen LogP contribution in [0.3, 0.4) is 0 Å². The third-order valence-electron chi connectivity index (χ3n) is 5.11. The molecule has 2 aromatic heterocycles. The van der Waals surface area contributed by atoms with E-state index in [1.807, 2.05) is 48.2 Å². The van der Waals surface area contributed by atoms with E-state index in [-0.39, 0.29) is 5.91 Å². The fraction of sp³-hybridized carbons (Fsp3) is 0.364. The molecule has 0 bridgehead atoms. The van der Waals surface area contributed by atoms with Crippen molar-refractivity contribution in [2.75, 3.05) is 37.7 Å². The summed E-state index contributed by atoms with van der Waals surface area (Å²) in [6, 6.07) is 11.2. The quantitative estimate of drug-likeness (QED) is 0.555. The monoisotopic (exact) mass is 441 g/mol. The highest BCUT2D eigenvalue weighted by Gasteiger charge is 2.22. The van der Waals surface area contributed by atoms with E-state index in [2.05, 4.69) is 20.0 Å². The standard InChI is InChI=1S/C22H24ClN5O3/c1-2-30-18-6-3-16(4-7-18)22-25-20(31-26-22)9-10-21(29)28-13-11-27(12-14-28)19-8-5-17(23)15-24-19/h3-8,15H,2,9-14H2,1H3. The molecule has 9 heteroatoms. The maximum Gasteiger partial charge on any atom is 0.227 e. The third kappa shape index (κ3) is 5.32. The first-order chi connectivity index (χ1) is 15.1. The van der Waals surface area contributed by atoms with Gasteiger partial charge in [-0.2, -0.15) is 4.98 Å². The van der Waals surface area contributed by atoms with Gasteiger partial charge in [0.1, 0.15) is 11.6 Å². The van der Waals surface area contributed by atoms with Crippen molar-refractivity contribution in [1.82, 2.24) is 20.0 Å². The number of piperazine rings is 1. The first kappa shape index (κ1) is 21.1. The average Bonchev–Trinajstić information content (AvgIpc) is 3.28. The molecule has 1 aliphatic heterocycles. The van der Waals surface area contributed by atoms with E-state index in [9.17, 15) is 4.79 Å².